The van der Waals surface area contributed by atoms with E-state index >= 15 is 0 Å². The van der Waals surface area contributed by atoms with Crippen molar-refractivity contribution in [1.82, 2.24) is 4.90 Å². The first-order valence-corrected chi connectivity index (χ1v) is 11.0. The van der Waals surface area contributed by atoms with Crippen LogP contribution in [0.2, 0.25) is 25.7 Å². The van der Waals surface area contributed by atoms with Crippen molar-refractivity contribution in [3.63, 3.8) is 0 Å². The monoisotopic (exact) mass is 289 g/mol. The summed E-state index contributed by atoms with van der Waals surface area (Å²) in [7, 11) is 1.09. The van der Waals surface area contributed by atoms with Gasteiger partial charge in [-0.15, -0.1) is 0 Å². The lowest BCUT2D eigenvalue weighted by molar-refractivity contribution is -0.0960. The minimum atomic E-state index is -1.01. The summed E-state index contributed by atoms with van der Waals surface area (Å²) in [6, 6.07) is 1.17. The fourth-order valence-electron chi connectivity index (χ4n) is 2.49. The number of nitrogens with zero attached hydrogens (tertiary/aromatic N) is 1. The number of hydrogen-bond acceptors (Lipinski definition) is 4. The zero-order valence-electron chi connectivity index (χ0n) is 13.2. The molecule has 1 N–H and O–H groups in total. The largest absolute Gasteiger partial charge is 0.392 e. The highest BCUT2D eigenvalue weighted by Crippen LogP contribution is 2.21. The lowest BCUT2D eigenvalue weighted by atomic mass is 9.88. The smallest absolute Gasteiger partial charge is 0.146 e. The molecule has 5 heteroatoms. The van der Waals surface area contributed by atoms with Crippen LogP contribution in [0.4, 0.5) is 0 Å². The third-order valence-electron chi connectivity index (χ3n) is 3.71. The molecule has 0 aromatic carbocycles. The van der Waals surface area contributed by atoms with E-state index in [9.17, 15) is 5.11 Å². The first kappa shape index (κ1) is 17.1. The Morgan fingerprint density at radius 3 is 2.53 bits per heavy atom. The lowest BCUT2D eigenvalue weighted by Gasteiger charge is -2.38. The Kier molecular flexibility index (Phi) is 6.97. The van der Waals surface area contributed by atoms with Crippen LogP contribution in [-0.4, -0.2) is 64.3 Å². The standard InChI is InChI=1S/C14H31NO3Si/c1-12-8-15(2)9-13(14(12)16)10-18-11-17-6-7-19(3,4)5/h12-14,16H,6-11H2,1-5H3/t12-,13+,14-/m0/s1. The summed E-state index contributed by atoms with van der Waals surface area (Å²) in [5.74, 6) is 0.523. The van der Waals surface area contributed by atoms with Gasteiger partial charge < -0.3 is 19.5 Å². The van der Waals surface area contributed by atoms with Gasteiger partial charge in [-0.1, -0.05) is 26.6 Å². The van der Waals surface area contributed by atoms with E-state index in [2.05, 4.69) is 38.5 Å². The maximum absolute atomic E-state index is 10.1. The molecule has 0 radical (unpaired) electrons. The Morgan fingerprint density at radius 1 is 1.21 bits per heavy atom. The van der Waals surface area contributed by atoms with Gasteiger partial charge in [0.1, 0.15) is 6.79 Å². The molecule has 1 aliphatic rings. The van der Waals surface area contributed by atoms with Crippen LogP contribution < -0.4 is 0 Å². The van der Waals surface area contributed by atoms with Crippen molar-refractivity contribution in [2.45, 2.75) is 38.7 Å². The Morgan fingerprint density at radius 2 is 1.89 bits per heavy atom. The van der Waals surface area contributed by atoms with E-state index in [0.29, 0.717) is 19.3 Å². The molecule has 1 fully saturated rings. The number of likely N-dealkylation sites (tertiary alicyclic amines) is 1. The van der Waals surface area contributed by atoms with Gasteiger partial charge >= 0.3 is 0 Å². The Balaban J connectivity index is 2.11. The number of ether oxygens (including phenoxy) is 2. The first-order chi connectivity index (χ1) is 8.79. The van der Waals surface area contributed by atoms with Crippen molar-refractivity contribution in [2.75, 3.05) is 40.1 Å². The number of rotatable bonds is 7. The average Bonchev–Trinajstić information content (AvgIpc) is 2.28. The van der Waals surface area contributed by atoms with Crippen molar-refractivity contribution in [2.24, 2.45) is 11.8 Å². The van der Waals surface area contributed by atoms with E-state index in [1.165, 1.54) is 6.04 Å². The van der Waals surface area contributed by atoms with Crippen molar-refractivity contribution < 1.29 is 14.6 Å². The summed E-state index contributed by atoms with van der Waals surface area (Å²) in [4.78, 5) is 2.26. The van der Waals surface area contributed by atoms with E-state index in [0.717, 1.165) is 19.7 Å². The van der Waals surface area contributed by atoms with Gasteiger partial charge in [-0.05, 0) is 19.0 Å². The molecule has 0 aromatic heterocycles. The number of aliphatic hydroxyl groups excluding tert-OH is 1. The molecule has 114 valence electrons. The molecule has 19 heavy (non-hydrogen) atoms. The second-order valence-corrected chi connectivity index (χ2v) is 12.8. The van der Waals surface area contributed by atoms with E-state index in [-0.39, 0.29) is 12.0 Å². The number of aliphatic hydroxyl groups is 1. The zero-order valence-corrected chi connectivity index (χ0v) is 14.2. The minimum Gasteiger partial charge on any atom is -0.392 e. The van der Waals surface area contributed by atoms with E-state index in [1.807, 2.05) is 0 Å². The second-order valence-electron chi connectivity index (χ2n) is 7.16. The van der Waals surface area contributed by atoms with Crippen LogP contribution in [0.5, 0.6) is 0 Å². The van der Waals surface area contributed by atoms with Gasteiger partial charge in [-0.3, -0.25) is 0 Å². The van der Waals surface area contributed by atoms with Crippen molar-refractivity contribution in [3.05, 3.63) is 0 Å². The highest BCUT2D eigenvalue weighted by atomic mass is 28.3. The quantitative estimate of drug-likeness (QED) is 0.441. The van der Waals surface area contributed by atoms with Gasteiger partial charge in [-0.2, -0.15) is 0 Å². The summed E-state index contributed by atoms with van der Waals surface area (Å²) < 4.78 is 11.1. The molecule has 3 atom stereocenters. The minimum absolute atomic E-state index is 0.203. The fraction of sp³-hybridized carbons (Fsp3) is 1.00. The number of piperidine rings is 1. The summed E-state index contributed by atoms with van der Waals surface area (Å²) in [6.45, 7) is 12.7. The molecule has 0 spiro atoms. The molecule has 0 amide bonds. The maximum Gasteiger partial charge on any atom is 0.146 e. The van der Waals surface area contributed by atoms with E-state index in [4.69, 9.17) is 9.47 Å². The van der Waals surface area contributed by atoms with Gasteiger partial charge in [0.05, 0.1) is 12.7 Å². The summed E-state index contributed by atoms with van der Waals surface area (Å²) in [5, 5.41) is 10.1. The van der Waals surface area contributed by atoms with Crippen LogP contribution in [0, 0.1) is 11.8 Å². The lowest BCUT2D eigenvalue weighted by Crippen LogP contribution is -2.48. The predicted octanol–water partition coefficient (Wildman–Crippen LogP) is 1.87. The van der Waals surface area contributed by atoms with Crippen molar-refractivity contribution >= 4 is 8.07 Å². The highest BCUT2D eigenvalue weighted by Gasteiger charge is 2.31. The van der Waals surface area contributed by atoms with Crippen LogP contribution in [0.25, 0.3) is 0 Å². The van der Waals surface area contributed by atoms with Crippen LogP contribution in [0.3, 0.4) is 0 Å². The molecule has 1 heterocycles. The average molecular weight is 289 g/mol. The summed E-state index contributed by atoms with van der Waals surface area (Å²) >= 11 is 0. The maximum atomic E-state index is 10.1. The predicted molar refractivity (Wildman–Crippen MR) is 81.1 cm³/mol. The third kappa shape index (κ3) is 6.86. The third-order valence-corrected chi connectivity index (χ3v) is 5.41. The SMILES string of the molecule is C[C@H]1CN(C)C[C@H](COCOCC[Si](C)(C)C)[C@H]1O. The topological polar surface area (TPSA) is 41.9 Å². The van der Waals surface area contributed by atoms with E-state index < -0.39 is 8.07 Å². The summed E-state index contributed by atoms with van der Waals surface area (Å²) in [6.07, 6.45) is -0.252. The zero-order chi connectivity index (χ0) is 14.5. The van der Waals surface area contributed by atoms with Crippen LogP contribution in [0.1, 0.15) is 6.92 Å². The summed E-state index contributed by atoms with van der Waals surface area (Å²) in [5.41, 5.74) is 0. The second kappa shape index (κ2) is 7.74. The normalized spacial score (nSPS) is 29.7. The molecule has 0 unspecified atom stereocenters. The van der Waals surface area contributed by atoms with Crippen molar-refractivity contribution in [3.8, 4) is 0 Å². The van der Waals surface area contributed by atoms with Crippen LogP contribution >= 0.6 is 0 Å². The Labute approximate surface area is 119 Å². The molecule has 0 aliphatic carbocycles. The molecule has 4 nitrogen and oxygen atoms in total. The molecular weight excluding hydrogens is 258 g/mol. The van der Waals surface area contributed by atoms with Crippen LogP contribution in [0.15, 0.2) is 0 Å². The molecular formula is C14H31NO3Si. The van der Waals surface area contributed by atoms with Crippen molar-refractivity contribution in [1.29, 1.82) is 0 Å². The van der Waals surface area contributed by atoms with Gasteiger partial charge in [0.2, 0.25) is 0 Å². The molecule has 1 saturated heterocycles. The van der Waals surface area contributed by atoms with Crippen LogP contribution in [-0.2, 0) is 9.47 Å². The first-order valence-electron chi connectivity index (χ1n) is 7.31. The van der Waals surface area contributed by atoms with Gasteiger partial charge in [0.25, 0.3) is 0 Å². The van der Waals surface area contributed by atoms with Gasteiger partial charge in [-0.25, -0.2) is 0 Å². The molecule has 1 rings (SSSR count). The van der Waals surface area contributed by atoms with Gasteiger partial charge in [0, 0.05) is 33.7 Å². The molecule has 0 bridgehead atoms. The van der Waals surface area contributed by atoms with Gasteiger partial charge in [0.15, 0.2) is 0 Å². The molecule has 1 aliphatic heterocycles. The Bertz CT molecular complexity index is 258. The number of hydrogen-bond donors (Lipinski definition) is 1. The Hall–Kier alpha value is 0.0569. The molecule has 0 aromatic rings. The fourth-order valence-corrected chi connectivity index (χ4v) is 3.25. The van der Waals surface area contributed by atoms with E-state index in [1.54, 1.807) is 0 Å². The highest BCUT2D eigenvalue weighted by molar-refractivity contribution is 6.76. The molecule has 0 saturated carbocycles.